The highest BCUT2D eigenvalue weighted by atomic mass is 28.4. The maximum absolute atomic E-state index is 12.6. The Morgan fingerprint density at radius 1 is 1.21 bits per heavy atom. The van der Waals surface area contributed by atoms with Crippen LogP contribution in [0.4, 0.5) is 5.82 Å². The minimum Gasteiger partial charge on any atom is -0.408 e. The van der Waals surface area contributed by atoms with Gasteiger partial charge in [0.15, 0.2) is 31.5 Å². The summed E-state index contributed by atoms with van der Waals surface area (Å²) in [4.78, 5) is 25.4. The van der Waals surface area contributed by atoms with Crippen LogP contribution in [-0.4, -0.2) is 68.9 Å². The molecule has 3 N–H and O–H groups in total. The molecule has 0 bridgehead atoms. The SMILES string of the molecule is CC(C)(C)[Si](C)(C)O[C@H]1[C@@H](O)[C@H](n2cnc3c(NC(=O)c4ccccc4)ncnc32)O[C@@H]1CO. The molecule has 34 heavy (non-hydrogen) atoms. The van der Waals surface area contributed by atoms with Crippen molar-refractivity contribution in [1.29, 1.82) is 0 Å². The molecule has 1 aliphatic rings. The molecule has 1 amide bonds. The predicted molar refractivity (Wildman–Crippen MR) is 129 cm³/mol. The molecule has 1 aromatic carbocycles. The predicted octanol–water partition coefficient (Wildman–Crippen LogP) is 2.72. The van der Waals surface area contributed by atoms with E-state index < -0.39 is 32.9 Å². The van der Waals surface area contributed by atoms with E-state index in [2.05, 4.69) is 54.1 Å². The van der Waals surface area contributed by atoms with Crippen molar-refractivity contribution in [3.63, 3.8) is 0 Å². The number of carbonyl (C=O) groups is 1. The van der Waals surface area contributed by atoms with Crippen LogP contribution in [0, 0.1) is 0 Å². The zero-order valence-electron chi connectivity index (χ0n) is 20.0. The number of rotatable bonds is 6. The third-order valence-corrected chi connectivity index (χ3v) is 11.1. The lowest BCUT2D eigenvalue weighted by Gasteiger charge is -2.39. The molecule has 3 aromatic rings. The van der Waals surface area contributed by atoms with Gasteiger partial charge in [-0.25, -0.2) is 15.0 Å². The summed E-state index contributed by atoms with van der Waals surface area (Å²) < 4.78 is 14.0. The first-order valence-electron chi connectivity index (χ1n) is 11.2. The summed E-state index contributed by atoms with van der Waals surface area (Å²) in [7, 11) is -2.25. The first kappa shape index (κ1) is 24.4. The maximum Gasteiger partial charge on any atom is 0.256 e. The number of fused-ring (bicyclic) bond motifs is 1. The van der Waals surface area contributed by atoms with Gasteiger partial charge in [0.05, 0.1) is 12.9 Å². The Balaban J connectivity index is 1.61. The van der Waals surface area contributed by atoms with Crippen molar-refractivity contribution in [2.75, 3.05) is 11.9 Å². The highest BCUT2D eigenvalue weighted by Crippen LogP contribution is 2.41. The van der Waals surface area contributed by atoms with Gasteiger partial charge in [0.1, 0.15) is 24.6 Å². The fourth-order valence-corrected chi connectivity index (χ4v) is 4.98. The number of hydrogen-bond donors (Lipinski definition) is 3. The van der Waals surface area contributed by atoms with Crippen LogP contribution < -0.4 is 5.32 Å². The number of ether oxygens (including phenoxy) is 1. The second-order valence-corrected chi connectivity index (χ2v) is 14.7. The van der Waals surface area contributed by atoms with Crippen molar-refractivity contribution < 1.29 is 24.2 Å². The van der Waals surface area contributed by atoms with Crippen molar-refractivity contribution in [1.82, 2.24) is 19.5 Å². The van der Waals surface area contributed by atoms with Crippen LogP contribution in [0.1, 0.15) is 37.4 Å². The maximum atomic E-state index is 12.6. The summed E-state index contributed by atoms with van der Waals surface area (Å²) in [5.41, 5.74) is 1.23. The van der Waals surface area contributed by atoms with E-state index in [0.717, 1.165) is 0 Å². The summed E-state index contributed by atoms with van der Waals surface area (Å²) in [6, 6.07) is 8.78. The summed E-state index contributed by atoms with van der Waals surface area (Å²) in [6.45, 7) is 10.2. The van der Waals surface area contributed by atoms with E-state index >= 15 is 0 Å². The molecule has 0 unspecified atom stereocenters. The van der Waals surface area contributed by atoms with Crippen LogP contribution in [0.2, 0.25) is 18.1 Å². The molecule has 3 heterocycles. The zero-order chi connectivity index (χ0) is 24.7. The molecule has 0 spiro atoms. The molecular weight excluding hydrogens is 454 g/mol. The molecule has 1 fully saturated rings. The smallest absolute Gasteiger partial charge is 0.256 e. The summed E-state index contributed by atoms with van der Waals surface area (Å²) in [5.74, 6) is -0.0756. The number of nitrogens with one attached hydrogen (secondary N) is 1. The van der Waals surface area contributed by atoms with Crippen molar-refractivity contribution in [2.45, 2.75) is 63.4 Å². The molecule has 11 heteroatoms. The highest BCUT2D eigenvalue weighted by molar-refractivity contribution is 6.74. The Hall–Kier alpha value is -2.70. The highest BCUT2D eigenvalue weighted by Gasteiger charge is 2.50. The topological polar surface area (TPSA) is 132 Å². The van der Waals surface area contributed by atoms with Crippen molar-refractivity contribution in [3.05, 3.63) is 48.5 Å². The van der Waals surface area contributed by atoms with Crippen molar-refractivity contribution in [3.8, 4) is 0 Å². The Morgan fingerprint density at radius 3 is 2.56 bits per heavy atom. The second kappa shape index (κ2) is 9.15. The molecular formula is C23H31N5O5Si. The molecule has 10 nitrogen and oxygen atoms in total. The molecule has 0 aliphatic carbocycles. The number of nitrogens with zero attached hydrogens (tertiary/aromatic N) is 4. The number of benzene rings is 1. The monoisotopic (exact) mass is 485 g/mol. The van der Waals surface area contributed by atoms with Gasteiger partial charge >= 0.3 is 0 Å². The normalized spacial score (nSPS) is 23.4. The number of aromatic nitrogens is 4. The first-order chi connectivity index (χ1) is 16.0. The van der Waals surface area contributed by atoms with Gasteiger partial charge in [0.2, 0.25) is 0 Å². The average molecular weight is 486 g/mol. The third kappa shape index (κ3) is 4.49. The van der Waals surface area contributed by atoms with E-state index in [1.54, 1.807) is 28.8 Å². The number of carbonyl (C=O) groups excluding carboxylic acids is 1. The van der Waals surface area contributed by atoms with Crippen molar-refractivity contribution >= 4 is 31.2 Å². The van der Waals surface area contributed by atoms with Gasteiger partial charge in [-0.3, -0.25) is 9.36 Å². The van der Waals surface area contributed by atoms with Crippen molar-refractivity contribution in [2.24, 2.45) is 0 Å². The van der Waals surface area contributed by atoms with Gasteiger partial charge in [-0.15, -0.1) is 0 Å². The van der Waals surface area contributed by atoms with Crippen LogP contribution in [0.15, 0.2) is 43.0 Å². The number of amides is 1. The fraction of sp³-hybridized carbons (Fsp3) is 0.478. The number of aliphatic hydroxyl groups excluding tert-OH is 2. The first-order valence-corrected chi connectivity index (χ1v) is 14.1. The van der Waals surface area contributed by atoms with Crippen LogP contribution in [0.5, 0.6) is 0 Å². The average Bonchev–Trinajstić information content (AvgIpc) is 3.35. The summed E-state index contributed by atoms with van der Waals surface area (Å²) in [5, 5.41) is 23.8. The Bertz CT molecular complexity index is 1160. The van der Waals surface area contributed by atoms with E-state index in [1.165, 1.54) is 12.7 Å². The molecule has 4 rings (SSSR count). The standard InChI is InChI=1S/C23H31N5O5Si/c1-23(2,3)34(4,5)33-18-15(11-29)32-22(17(18)30)28-13-26-16-19(24-12-25-20(16)28)27-21(31)14-9-7-6-8-10-14/h6-10,12-13,15,17-18,22,29-30H,11H2,1-5H3,(H,24,25,27,31)/t15-,17-,18-,22-/m1/s1. The number of anilines is 1. The number of imidazole rings is 1. The molecule has 1 saturated heterocycles. The summed E-state index contributed by atoms with van der Waals surface area (Å²) in [6.07, 6.45) is -0.534. The largest absolute Gasteiger partial charge is 0.408 e. The molecule has 182 valence electrons. The van der Waals surface area contributed by atoms with Gasteiger partial charge in [-0.1, -0.05) is 39.0 Å². The molecule has 0 radical (unpaired) electrons. The zero-order valence-corrected chi connectivity index (χ0v) is 21.0. The van der Waals surface area contributed by atoms with E-state index in [4.69, 9.17) is 9.16 Å². The Morgan fingerprint density at radius 2 is 1.91 bits per heavy atom. The third-order valence-electron chi connectivity index (χ3n) is 6.63. The van der Waals surface area contributed by atoms with Gasteiger partial charge in [0.25, 0.3) is 5.91 Å². The lowest BCUT2D eigenvalue weighted by atomic mass is 10.1. The van der Waals surface area contributed by atoms with Crippen LogP contribution in [0.25, 0.3) is 11.2 Å². The van der Waals surface area contributed by atoms with Gasteiger partial charge in [0, 0.05) is 5.56 Å². The Labute approximate surface area is 199 Å². The Kier molecular flexibility index (Phi) is 6.58. The fourth-order valence-electron chi connectivity index (χ4n) is 3.66. The lowest BCUT2D eigenvalue weighted by Crippen LogP contribution is -2.49. The molecule has 4 atom stereocenters. The lowest BCUT2D eigenvalue weighted by molar-refractivity contribution is -0.0506. The van der Waals surface area contributed by atoms with Crippen LogP contribution in [0.3, 0.4) is 0 Å². The number of aliphatic hydroxyl groups is 2. The second-order valence-electron chi connectivity index (χ2n) is 9.95. The van der Waals surface area contributed by atoms with Crippen LogP contribution >= 0.6 is 0 Å². The van der Waals surface area contributed by atoms with E-state index in [0.29, 0.717) is 16.7 Å². The van der Waals surface area contributed by atoms with E-state index in [-0.39, 0.29) is 23.4 Å². The van der Waals surface area contributed by atoms with E-state index in [9.17, 15) is 15.0 Å². The van der Waals surface area contributed by atoms with E-state index in [1.807, 2.05) is 6.07 Å². The number of hydrogen-bond acceptors (Lipinski definition) is 8. The summed E-state index contributed by atoms with van der Waals surface area (Å²) >= 11 is 0. The van der Waals surface area contributed by atoms with Gasteiger partial charge < -0.3 is 24.7 Å². The molecule has 1 aliphatic heterocycles. The molecule has 0 saturated carbocycles. The quantitative estimate of drug-likeness (QED) is 0.454. The minimum atomic E-state index is -2.25. The van der Waals surface area contributed by atoms with Crippen LogP contribution in [-0.2, 0) is 9.16 Å². The van der Waals surface area contributed by atoms with Gasteiger partial charge in [-0.05, 0) is 30.3 Å². The minimum absolute atomic E-state index is 0.0778. The van der Waals surface area contributed by atoms with Gasteiger partial charge in [-0.2, -0.15) is 0 Å². The molecule has 2 aromatic heterocycles.